The lowest BCUT2D eigenvalue weighted by molar-refractivity contribution is 0.0968. The largest absolute Gasteiger partial charge is 0.292 e. The van der Waals surface area contributed by atoms with Crippen LogP contribution in [0.5, 0.6) is 0 Å². The molecule has 2 nitrogen and oxygen atoms in total. The standard InChI is InChI=1S/C15H15NOS/c1-9-6-7-11(8-10(9)2)15-16-14-12(17)4-3-5-13(14)18-15/h6-8H,3-5H2,1-2H3. The van der Waals surface area contributed by atoms with Gasteiger partial charge in [-0.1, -0.05) is 12.1 Å². The highest BCUT2D eigenvalue weighted by molar-refractivity contribution is 7.15. The number of hydrogen-bond acceptors (Lipinski definition) is 3. The Hall–Kier alpha value is -1.48. The van der Waals surface area contributed by atoms with E-state index in [2.05, 4.69) is 37.0 Å². The number of aromatic nitrogens is 1. The minimum Gasteiger partial charge on any atom is -0.292 e. The topological polar surface area (TPSA) is 30.0 Å². The molecular weight excluding hydrogens is 242 g/mol. The molecule has 2 aromatic rings. The van der Waals surface area contributed by atoms with Gasteiger partial charge in [-0.2, -0.15) is 0 Å². The molecule has 1 aromatic heterocycles. The van der Waals surface area contributed by atoms with E-state index in [1.54, 1.807) is 11.3 Å². The van der Waals surface area contributed by atoms with Gasteiger partial charge in [-0.3, -0.25) is 4.79 Å². The number of carbonyl (C=O) groups excluding carboxylic acids is 1. The zero-order valence-electron chi connectivity index (χ0n) is 10.6. The highest BCUT2D eigenvalue weighted by atomic mass is 32.1. The van der Waals surface area contributed by atoms with E-state index in [1.807, 2.05) is 0 Å². The van der Waals surface area contributed by atoms with E-state index in [4.69, 9.17) is 0 Å². The van der Waals surface area contributed by atoms with Crippen LogP contribution in [0.3, 0.4) is 0 Å². The average molecular weight is 257 g/mol. The zero-order chi connectivity index (χ0) is 12.7. The van der Waals surface area contributed by atoms with Crippen molar-refractivity contribution in [2.75, 3.05) is 0 Å². The molecular formula is C15H15NOS. The predicted molar refractivity (Wildman–Crippen MR) is 74.3 cm³/mol. The van der Waals surface area contributed by atoms with Crippen LogP contribution in [-0.4, -0.2) is 10.8 Å². The predicted octanol–water partition coefficient (Wildman–Crippen LogP) is 3.95. The van der Waals surface area contributed by atoms with Crippen LogP contribution in [0.1, 0.15) is 39.3 Å². The first-order valence-corrected chi connectivity index (χ1v) is 7.07. The smallest absolute Gasteiger partial charge is 0.182 e. The summed E-state index contributed by atoms with van der Waals surface area (Å²) in [6, 6.07) is 6.37. The van der Waals surface area contributed by atoms with Crippen molar-refractivity contribution in [1.82, 2.24) is 4.98 Å². The number of ketones is 1. The first kappa shape index (κ1) is 11.6. The number of aryl methyl sites for hydroxylation is 3. The fourth-order valence-corrected chi connectivity index (χ4v) is 3.38. The van der Waals surface area contributed by atoms with Crippen LogP contribution in [0, 0.1) is 13.8 Å². The number of rotatable bonds is 1. The van der Waals surface area contributed by atoms with Crippen LogP contribution >= 0.6 is 11.3 Å². The fraction of sp³-hybridized carbons (Fsp3) is 0.333. The third-order valence-electron chi connectivity index (χ3n) is 3.52. The first-order valence-electron chi connectivity index (χ1n) is 6.25. The maximum absolute atomic E-state index is 11.8. The van der Waals surface area contributed by atoms with Crippen LogP contribution in [0.2, 0.25) is 0 Å². The van der Waals surface area contributed by atoms with Gasteiger partial charge in [0.15, 0.2) is 5.78 Å². The van der Waals surface area contributed by atoms with Gasteiger partial charge in [0.05, 0.1) is 0 Å². The number of carbonyl (C=O) groups is 1. The van der Waals surface area contributed by atoms with Gasteiger partial charge in [-0.15, -0.1) is 11.3 Å². The third-order valence-corrected chi connectivity index (χ3v) is 4.69. The van der Waals surface area contributed by atoms with E-state index < -0.39 is 0 Å². The molecule has 3 rings (SSSR count). The molecule has 0 atom stereocenters. The van der Waals surface area contributed by atoms with Gasteiger partial charge >= 0.3 is 0 Å². The molecule has 0 N–H and O–H groups in total. The third kappa shape index (κ3) is 1.89. The van der Waals surface area contributed by atoms with Crippen molar-refractivity contribution in [2.24, 2.45) is 0 Å². The van der Waals surface area contributed by atoms with Crippen molar-refractivity contribution in [3.05, 3.63) is 39.9 Å². The average Bonchev–Trinajstić information content (AvgIpc) is 2.78. The van der Waals surface area contributed by atoms with E-state index in [9.17, 15) is 4.79 Å². The lowest BCUT2D eigenvalue weighted by atomic mass is 10.0. The van der Waals surface area contributed by atoms with Gasteiger partial charge in [0.2, 0.25) is 0 Å². The summed E-state index contributed by atoms with van der Waals surface area (Å²) >= 11 is 1.67. The molecule has 3 heteroatoms. The Balaban J connectivity index is 2.07. The van der Waals surface area contributed by atoms with E-state index in [-0.39, 0.29) is 5.78 Å². The summed E-state index contributed by atoms with van der Waals surface area (Å²) in [4.78, 5) is 17.5. The maximum Gasteiger partial charge on any atom is 0.182 e. The second-order valence-corrected chi connectivity index (χ2v) is 5.95. The van der Waals surface area contributed by atoms with Crippen molar-refractivity contribution < 1.29 is 4.79 Å². The number of benzene rings is 1. The number of Topliss-reactive ketones (excluding diaryl/α,β-unsaturated/α-hetero) is 1. The molecule has 0 bridgehead atoms. The van der Waals surface area contributed by atoms with Gasteiger partial charge in [0, 0.05) is 16.9 Å². The van der Waals surface area contributed by atoms with Crippen molar-refractivity contribution in [1.29, 1.82) is 0 Å². The molecule has 0 radical (unpaired) electrons. The number of fused-ring (bicyclic) bond motifs is 1. The summed E-state index contributed by atoms with van der Waals surface area (Å²) in [6.45, 7) is 4.22. The molecule has 0 unspecified atom stereocenters. The molecule has 1 aromatic carbocycles. The molecule has 0 saturated carbocycles. The fourth-order valence-electron chi connectivity index (χ4n) is 2.26. The second-order valence-electron chi connectivity index (χ2n) is 4.87. The molecule has 92 valence electrons. The summed E-state index contributed by atoms with van der Waals surface area (Å²) in [5.41, 5.74) is 4.41. The molecule has 0 spiro atoms. The summed E-state index contributed by atoms with van der Waals surface area (Å²) in [6.07, 6.45) is 2.63. The highest BCUT2D eigenvalue weighted by Crippen LogP contribution is 2.33. The molecule has 18 heavy (non-hydrogen) atoms. The number of hydrogen-bond donors (Lipinski definition) is 0. The highest BCUT2D eigenvalue weighted by Gasteiger charge is 2.22. The zero-order valence-corrected chi connectivity index (χ0v) is 11.4. The molecule has 0 fully saturated rings. The Morgan fingerprint density at radius 2 is 2.00 bits per heavy atom. The van der Waals surface area contributed by atoms with Gasteiger partial charge in [-0.25, -0.2) is 4.98 Å². The quantitative estimate of drug-likeness (QED) is 0.774. The maximum atomic E-state index is 11.8. The van der Waals surface area contributed by atoms with E-state index in [0.717, 1.165) is 29.1 Å². The summed E-state index contributed by atoms with van der Waals surface area (Å²) in [5.74, 6) is 0.211. The Kier molecular flexibility index (Phi) is 2.78. The van der Waals surface area contributed by atoms with Crippen LogP contribution in [-0.2, 0) is 6.42 Å². The molecule has 0 amide bonds. The van der Waals surface area contributed by atoms with E-state index >= 15 is 0 Å². The van der Waals surface area contributed by atoms with Crippen LogP contribution in [0.4, 0.5) is 0 Å². The second kappa shape index (κ2) is 4.32. The Bertz CT molecular complexity index is 627. The minimum absolute atomic E-state index is 0.211. The molecule has 1 aliphatic rings. The normalized spacial score (nSPS) is 14.7. The van der Waals surface area contributed by atoms with Crippen molar-refractivity contribution in [3.63, 3.8) is 0 Å². The van der Waals surface area contributed by atoms with E-state index in [1.165, 1.54) is 16.0 Å². The Morgan fingerprint density at radius 1 is 1.17 bits per heavy atom. The van der Waals surface area contributed by atoms with Crippen molar-refractivity contribution >= 4 is 17.1 Å². The van der Waals surface area contributed by atoms with E-state index in [0.29, 0.717) is 6.42 Å². The number of thiazole rings is 1. The lowest BCUT2D eigenvalue weighted by Crippen LogP contribution is -2.08. The Morgan fingerprint density at radius 3 is 2.72 bits per heavy atom. The molecule has 1 aliphatic carbocycles. The van der Waals surface area contributed by atoms with Crippen LogP contribution in [0.25, 0.3) is 10.6 Å². The van der Waals surface area contributed by atoms with Crippen LogP contribution < -0.4 is 0 Å². The molecule has 0 aliphatic heterocycles. The SMILES string of the molecule is Cc1ccc(-c2nc3c(s2)CCCC3=O)cc1C. The van der Waals surface area contributed by atoms with Gasteiger partial charge in [-0.05, 0) is 43.9 Å². The molecule has 1 heterocycles. The Labute approximate surface area is 111 Å². The minimum atomic E-state index is 0.211. The number of nitrogens with zero attached hydrogens (tertiary/aromatic N) is 1. The van der Waals surface area contributed by atoms with Gasteiger partial charge in [0.1, 0.15) is 10.7 Å². The van der Waals surface area contributed by atoms with Crippen molar-refractivity contribution in [2.45, 2.75) is 33.1 Å². The monoisotopic (exact) mass is 257 g/mol. The molecule has 0 saturated heterocycles. The first-order chi connectivity index (χ1) is 8.65. The summed E-state index contributed by atoms with van der Waals surface area (Å²) in [7, 11) is 0. The van der Waals surface area contributed by atoms with Gasteiger partial charge < -0.3 is 0 Å². The lowest BCUT2D eigenvalue weighted by Gasteiger charge is -2.06. The summed E-state index contributed by atoms with van der Waals surface area (Å²) < 4.78 is 0. The van der Waals surface area contributed by atoms with Crippen LogP contribution in [0.15, 0.2) is 18.2 Å². The summed E-state index contributed by atoms with van der Waals surface area (Å²) in [5, 5.41) is 0.985. The van der Waals surface area contributed by atoms with Crippen molar-refractivity contribution in [3.8, 4) is 10.6 Å². The van der Waals surface area contributed by atoms with Gasteiger partial charge in [0.25, 0.3) is 0 Å².